The molecule has 2 aromatic carbocycles. The maximum atomic E-state index is 14.0. The topological polar surface area (TPSA) is 20.2 Å². The summed E-state index contributed by atoms with van der Waals surface area (Å²) in [6.45, 7) is 3.29. The lowest BCUT2D eigenvalue weighted by atomic mass is 9.95. The van der Waals surface area contributed by atoms with Gasteiger partial charge in [-0.15, -0.1) is 0 Å². The van der Waals surface area contributed by atoms with Crippen LogP contribution in [0.3, 0.4) is 0 Å². The van der Waals surface area contributed by atoms with Gasteiger partial charge in [-0.2, -0.15) is 0 Å². The number of aryl methyl sites for hydroxylation is 2. The molecule has 1 atom stereocenters. The second kappa shape index (κ2) is 5.58. The highest BCUT2D eigenvalue weighted by Crippen LogP contribution is 2.32. The number of halogens is 4. The highest BCUT2D eigenvalue weighted by molar-refractivity contribution is 9.10. The van der Waals surface area contributed by atoms with Crippen LogP contribution in [-0.4, -0.2) is 5.11 Å². The van der Waals surface area contributed by atoms with Gasteiger partial charge in [-0.1, -0.05) is 22.0 Å². The van der Waals surface area contributed by atoms with Gasteiger partial charge in [-0.3, -0.25) is 0 Å². The molecule has 1 nitrogen and oxygen atoms in total. The lowest BCUT2D eigenvalue weighted by Crippen LogP contribution is -2.10. The van der Waals surface area contributed by atoms with E-state index < -0.39 is 29.1 Å². The Morgan fingerprint density at radius 1 is 0.900 bits per heavy atom. The summed E-state index contributed by atoms with van der Waals surface area (Å²) in [5, 5.41) is 10.2. The lowest BCUT2D eigenvalue weighted by Gasteiger charge is -2.17. The summed E-state index contributed by atoms with van der Waals surface area (Å²) >= 11 is 2.96. The zero-order valence-electron chi connectivity index (χ0n) is 10.8. The molecule has 106 valence electrons. The van der Waals surface area contributed by atoms with E-state index in [9.17, 15) is 18.3 Å². The summed E-state index contributed by atoms with van der Waals surface area (Å²) in [6.07, 6.45) is -1.69. The van der Waals surface area contributed by atoms with Crippen LogP contribution in [0.4, 0.5) is 13.2 Å². The quantitative estimate of drug-likeness (QED) is 0.846. The second-order valence-corrected chi connectivity index (χ2v) is 5.58. The SMILES string of the molecule is Cc1cc(C)c(C(O)c2c(F)cc(Br)cc2F)c(F)c1. The minimum Gasteiger partial charge on any atom is -0.383 e. The molecule has 20 heavy (non-hydrogen) atoms. The third kappa shape index (κ3) is 2.74. The summed E-state index contributed by atoms with van der Waals surface area (Å²) < 4.78 is 41.9. The first-order valence-corrected chi connectivity index (χ1v) is 6.69. The van der Waals surface area contributed by atoms with Gasteiger partial charge in [0.15, 0.2) is 0 Å². The van der Waals surface area contributed by atoms with E-state index in [1.807, 2.05) is 0 Å². The first-order chi connectivity index (χ1) is 9.31. The average Bonchev–Trinajstić information content (AvgIpc) is 2.25. The molecule has 0 aromatic heterocycles. The van der Waals surface area contributed by atoms with Crippen LogP contribution in [0, 0.1) is 31.3 Å². The van der Waals surface area contributed by atoms with Crippen molar-refractivity contribution >= 4 is 15.9 Å². The molecular weight excluding hydrogens is 333 g/mol. The van der Waals surface area contributed by atoms with Crippen LogP contribution in [0.1, 0.15) is 28.4 Å². The Morgan fingerprint density at radius 3 is 1.90 bits per heavy atom. The van der Waals surface area contributed by atoms with Crippen LogP contribution in [0.25, 0.3) is 0 Å². The van der Waals surface area contributed by atoms with Crippen LogP contribution >= 0.6 is 15.9 Å². The molecule has 0 heterocycles. The van der Waals surface area contributed by atoms with Gasteiger partial charge in [0.25, 0.3) is 0 Å². The molecule has 5 heteroatoms. The maximum absolute atomic E-state index is 14.0. The molecule has 0 spiro atoms. The van der Waals surface area contributed by atoms with Gasteiger partial charge in [-0.25, -0.2) is 13.2 Å². The summed E-state index contributed by atoms with van der Waals surface area (Å²) in [5.74, 6) is -2.54. The van der Waals surface area contributed by atoms with E-state index in [2.05, 4.69) is 15.9 Å². The van der Waals surface area contributed by atoms with Crippen molar-refractivity contribution in [1.82, 2.24) is 0 Å². The van der Waals surface area contributed by atoms with Crippen LogP contribution in [0.5, 0.6) is 0 Å². The molecule has 0 saturated heterocycles. The van der Waals surface area contributed by atoms with Crippen LogP contribution in [0.2, 0.25) is 0 Å². The Hall–Kier alpha value is -1.33. The lowest BCUT2D eigenvalue weighted by molar-refractivity contribution is 0.203. The van der Waals surface area contributed by atoms with E-state index in [0.29, 0.717) is 11.1 Å². The second-order valence-electron chi connectivity index (χ2n) is 4.66. The van der Waals surface area contributed by atoms with Crippen LogP contribution in [0.15, 0.2) is 28.7 Å². The monoisotopic (exact) mass is 344 g/mol. The van der Waals surface area contributed by atoms with Gasteiger partial charge in [-0.05, 0) is 43.2 Å². The summed E-state index contributed by atoms with van der Waals surface area (Å²) in [7, 11) is 0. The Bertz CT molecular complexity index is 567. The van der Waals surface area contributed by atoms with Crippen LogP contribution in [-0.2, 0) is 0 Å². The van der Waals surface area contributed by atoms with E-state index in [0.717, 1.165) is 12.1 Å². The Balaban J connectivity index is 2.61. The molecule has 0 aliphatic rings. The number of hydrogen-bond acceptors (Lipinski definition) is 1. The number of benzene rings is 2. The molecular formula is C15H12BrF3O. The highest BCUT2D eigenvalue weighted by Gasteiger charge is 2.24. The number of rotatable bonds is 2. The smallest absolute Gasteiger partial charge is 0.133 e. The number of aliphatic hydroxyl groups excluding tert-OH is 1. The average molecular weight is 345 g/mol. The standard InChI is InChI=1S/C15H12BrF3O/c1-7-3-8(2)13(10(17)4-7)15(20)14-11(18)5-9(16)6-12(14)19/h3-6,15,20H,1-2H3. The van der Waals surface area contributed by atoms with Crippen molar-refractivity contribution in [2.45, 2.75) is 20.0 Å². The van der Waals surface area contributed by atoms with Crippen molar-refractivity contribution in [3.63, 3.8) is 0 Å². The molecule has 0 bridgehead atoms. The van der Waals surface area contributed by atoms with Crippen molar-refractivity contribution in [1.29, 1.82) is 0 Å². The summed E-state index contributed by atoms with van der Waals surface area (Å²) in [4.78, 5) is 0. The van der Waals surface area contributed by atoms with Crippen LogP contribution < -0.4 is 0 Å². The van der Waals surface area contributed by atoms with Gasteiger partial charge >= 0.3 is 0 Å². The zero-order valence-corrected chi connectivity index (χ0v) is 12.4. The van der Waals surface area contributed by atoms with Crippen molar-refractivity contribution in [3.05, 3.63) is 68.4 Å². The van der Waals surface area contributed by atoms with E-state index in [1.54, 1.807) is 19.9 Å². The van der Waals surface area contributed by atoms with Gasteiger partial charge in [0.2, 0.25) is 0 Å². The molecule has 1 N–H and O–H groups in total. The third-order valence-electron chi connectivity index (χ3n) is 3.07. The molecule has 0 amide bonds. The summed E-state index contributed by atoms with van der Waals surface area (Å²) in [6, 6.07) is 4.93. The van der Waals surface area contributed by atoms with Crippen molar-refractivity contribution in [3.8, 4) is 0 Å². The largest absolute Gasteiger partial charge is 0.383 e. The molecule has 2 rings (SSSR count). The Morgan fingerprint density at radius 2 is 1.40 bits per heavy atom. The predicted octanol–water partition coefficient (Wildman–Crippen LogP) is 4.56. The minimum atomic E-state index is -1.69. The van der Waals surface area contributed by atoms with Gasteiger partial charge in [0, 0.05) is 10.0 Å². The molecule has 1 unspecified atom stereocenters. The third-order valence-corrected chi connectivity index (χ3v) is 3.53. The number of hydrogen-bond donors (Lipinski definition) is 1. The molecule has 0 saturated carbocycles. The molecule has 0 aliphatic heterocycles. The fourth-order valence-electron chi connectivity index (χ4n) is 2.23. The maximum Gasteiger partial charge on any atom is 0.133 e. The predicted molar refractivity (Wildman–Crippen MR) is 74.0 cm³/mol. The number of aliphatic hydroxyl groups is 1. The van der Waals surface area contributed by atoms with Crippen molar-refractivity contribution in [2.24, 2.45) is 0 Å². The van der Waals surface area contributed by atoms with E-state index in [-0.39, 0.29) is 10.0 Å². The van der Waals surface area contributed by atoms with Gasteiger partial charge in [0.05, 0.1) is 5.56 Å². The fourth-order valence-corrected chi connectivity index (χ4v) is 2.63. The van der Waals surface area contributed by atoms with Gasteiger partial charge in [0.1, 0.15) is 23.6 Å². The van der Waals surface area contributed by atoms with E-state index in [1.165, 1.54) is 6.07 Å². The van der Waals surface area contributed by atoms with Crippen molar-refractivity contribution in [2.75, 3.05) is 0 Å². The van der Waals surface area contributed by atoms with E-state index >= 15 is 0 Å². The Labute approximate surface area is 123 Å². The molecule has 0 aliphatic carbocycles. The Kier molecular flexibility index (Phi) is 4.20. The highest BCUT2D eigenvalue weighted by atomic mass is 79.9. The zero-order chi connectivity index (χ0) is 15.0. The first kappa shape index (κ1) is 15.1. The normalized spacial score (nSPS) is 12.6. The molecule has 2 aromatic rings. The van der Waals surface area contributed by atoms with Crippen molar-refractivity contribution < 1.29 is 18.3 Å². The fraction of sp³-hybridized carbons (Fsp3) is 0.200. The molecule has 0 fully saturated rings. The minimum absolute atomic E-state index is 0.115. The van der Waals surface area contributed by atoms with E-state index in [4.69, 9.17) is 0 Å². The molecule has 0 radical (unpaired) electrons. The summed E-state index contributed by atoms with van der Waals surface area (Å²) in [5.41, 5.74) is 0.444. The van der Waals surface area contributed by atoms with Gasteiger partial charge < -0.3 is 5.11 Å². The first-order valence-electron chi connectivity index (χ1n) is 5.90.